The number of hydrogen-bond acceptors (Lipinski definition) is 3. The number of likely N-dealkylation sites (tertiary alicyclic amines) is 1. The molecule has 4 heteroatoms. The summed E-state index contributed by atoms with van der Waals surface area (Å²) in [6.45, 7) is 4.91. The van der Waals surface area contributed by atoms with Crippen LogP contribution in [0.2, 0.25) is 0 Å². The molecule has 2 heterocycles. The molecule has 0 radical (unpaired) electrons. The first kappa shape index (κ1) is 14.3. The van der Waals surface area contributed by atoms with E-state index in [2.05, 4.69) is 33.3 Å². The fourth-order valence-corrected chi connectivity index (χ4v) is 3.03. The summed E-state index contributed by atoms with van der Waals surface area (Å²) in [5.41, 5.74) is 3.31. The summed E-state index contributed by atoms with van der Waals surface area (Å²) in [6, 6.07) is 12.4. The van der Waals surface area contributed by atoms with Crippen LogP contribution < -0.4 is 0 Å². The highest BCUT2D eigenvalue weighted by Crippen LogP contribution is 2.22. The van der Waals surface area contributed by atoms with Crippen LogP contribution in [0.5, 0.6) is 0 Å². The number of aliphatic hydroxyl groups excluding tert-OH is 1. The first-order valence-electron chi connectivity index (χ1n) is 7.72. The monoisotopic (exact) mass is 285 g/mol. The fourth-order valence-electron chi connectivity index (χ4n) is 3.03. The number of aliphatic hydroxyl groups is 1. The van der Waals surface area contributed by atoms with E-state index in [1.807, 2.05) is 25.1 Å². The smallest absolute Gasteiger partial charge is 0.0924 e. The van der Waals surface area contributed by atoms with Gasteiger partial charge >= 0.3 is 0 Å². The number of benzene rings is 1. The molecule has 1 unspecified atom stereocenters. The third-order valence-corrected chi connectivity index (χ3v) is 4.41. The highest BCUT2D eigenvalue weighted by molar-refractivity contribution is 5.58. The number of H-pyrrole nitrogens is 1. The lowest BCUT2D eigenvalue weighted by atomic mass is 9.92. The standard InChI is InChI=1S/C17H23N3O/c1-13(21)14-7-9-20(10-8-14)12-16-11-17(19-18-16)15-5-3-2-4-6-15/h2-6,11,13-14,21H,7-10,12H2,1H3,(H,18,19). The minimum absolute atomic E-state index is 0.177. The zero-order valence-electron chi connectivity index (χ0n) is 12.5. The van der Waals surface area contributed by atoms with Crippen molar-refractivity contribution in [1.82, 2.24) is 15.1 Å². The molecule has 1 aromatic heterocycles. The van der Waals surface area contributed by atoms with Gasteiger partial charge in [0, 0.05) is 17.8 Å². The molecule has 0 saturated carbocycles. The predicted molar refractivity (Wildman–Crippen MR) is 83.7 cm³/mol. The van der Waals surface area contributed by atoms with Crippen molar-refractivity contribution in [3.63, 3.8) is 0 Å². The lowest BCUT2D eigenvalue weighted by Gasteiger charge is -2.32. The van der Waals surface area contributed by atoms with Gasteiger partial charge in [-0.15, -0.1) is 0 Å². The number of aromatic nitrogens is 2. The van der Waals surface area contributed by atoms with Crippen molar-refractivity contribution in [3.05, 3.63) is 42.1 Å². The Hall–Kier alpha value is -1.65. The van der Waals surface area contributed by atoms with Gasteiger partial charge in [-0.25, -0.2) is 0 Å². The van der Waals surface area contributed by atoms with Crippen molar-refractivity contribution < 1.29 is 5.11 Å². The lowest BCUT2D eigenvalue weighted by Crippen LogP contribution is -2.36. The summed E-state index contributed by atoms with van der Waals surface area (Å²) < 4.78 is 0. The van der Waals surface area contributed by atoms with E-state index in [1.54, 1.807) is 0 Å². The Labute approximate surface area is 125 Å². The minimum atomic E-state index is -0.177. The quantitative estimate of drug-likeness (QED) is 0.908. The van der Waals surface area contributed by atoms with Crippen LogP contribution in [0.4, 0.5) is 0 Å². The van der Waals surface area contributed by atoms with Crippen molar-refractivity contribution >= 4 is 0 Å². The molecule has 1 aliphatic rings. The van der Waals surface area contributed by atoms with Crippen LogP contribution in [0, 0.1) is 5.92 Å². The Balaban J connectivity index is 1.59. The van der Waals surface area contributed by atoms with Crippen LogP contribution in [0.1, 0.15) is 25.5 Å². The Morgan fingerprint density at radius 2 is 2.00 bits per heavy atom. The van der Waals surface area contributed by atoms with E-state index in [-0.39, 0.29) is 6.10 Å². The van der Waals surface area contributed by atoms with Gasteiger partial charge in [-0.3, -0.25) is 10.00 Å². The zero-order chi connectivity index (χ0) is 14.7. The van der Waals surface area contributed by atoms with Crippen molar-refractivity contribution in [2.24, 2.45) is 5.92 Å². The number of nitrogens with zero attached hydrogens (tertiary/aromatic N) is 2. The first-order valence-corrected chi connectivity index (χ1v) is 7.72. The van der Waals surface area contributed by atoms with Gasteiger partial charge < -0.3 is 5.11 Å². The van der Waals surface area contributed by atoms with Crippen molar-refractivity contribution in [2.45, 2.75) is 32.4 Å². The minimum Gasteiger partial charge on any atom is -0.393 e. The molecule has 112 valence electrons. The van der Waals surface area contributed by atoms with Gasteiger partial charge in [-0.2, -0.15) is 5.10 Å². The van der Waals surface area contributed by atoms with Gasteiger partial charge in [0.1, 0.15) is 0 Å². The maximum atomic E-state index is 9.65. The van der Waals surface area contributed by atoms with E-state index in [0.717, 1.165) is 49.4 Å². The second kappa shape index (κ2) is 6.41. The lowest BCUT2D eigenvalue weighted by molar-refractivity contribution is 0.0691. The summed E-state index contributed by atoms with van der Waals surface area (Å²) in [6.07, 6.45) is 1.98. The van der Waals surface area contributed by atoms with Crippen LogP contribution in [0.3, 0.4) is 0 Å². The zero-order valence-corrected chi connectivity index (χ0v) is 12.5. The van der Waals surface area contributed by atoms with Gasteiger partial charge in [-0.05, 0) is 44.8 Å². The highest BCUT2D eigenvalue weighted by atomic mass is 16.3. The molecule has 0 aliphatic carbocycles. The van der Waals surface area contributed by atoms with Gasteiger partial charge in [0.05, 0.1) is 11.8 Å². The van der Waals surface area contributed by atoms with Gasteiger partial charge in [0.25, 0.3) is 0 Å². The molecule has 2 aromatic rings. The van der Waals surface area contributed by atoms with Crippen LogP contribution in [-0.2, 0) is 6.54 Å². The second-order valence-corrected chi connectivity index (χ2v) is 6.00. The molecule has 3 rings (SSSR count). The van der Waals surface area contributed by atoms with E-state index >= 15 is 0 Å². The molecule has 2 N–H and O–H groups in total. The van der Waals surface area contributed by atoms with E-state index in [9.17, 15) is 5.11 Å². The SMILES string of the molecule is CC(O)C1CCN(Cc2cc(-c3ccccc3)n[nH]2)CC1. The molecule has 0 bridgehead atoms. The topological polar surface area (TPSA) is 52.1 Å². The number of nitrogens with one attached hydrogen (secondary N) is 1. The molecule has 1 fully saturated rings. The van der Waals surface area contributed by atoms with Crippen LogP contribution in [0.25, 0.3) is 11.3 Å². The van der Waals surface area contributed by atoms with Crippen LogP contribution in [-0.4, -0.2) is 39.4 Å². The Bertz CT molecular complexity index is 556. The number of piperidine rings is 1. The number of rotatable bonds is 4. The predicted octanol–water partition coefficient (Wildman–Crippen LogP) is 2.67. The fraction of sp³-hybridized carbons (Fsp3) is 0.471. The molecule has 0 amide bonds. The molecule has 1 atom stereocenters. The van der Waals surface area contributed by atoms with E-state index in [1.165, 1.54) is 0 Å². The van der Waals surface area contributed by atoms with Gasteiger partial charge in [-0.1, -0.05) is 30.3 Å². The van der Waals surface area contributed by atoms with Crippen molar-refractivity contribution in [1.29, 1.82) is 0 Å². The largest absolute Gasteiger partial charge is 0.393 e. The van der Waals surface area contributed by atoms with E-state index < -0.39 is 0 Å². The van der Waals surface area contributed by atoms with Crippen molar-refractivity contribution in [2.75, 3.05) is 13.1 Å². The third kappa shape index (κ3) is 3.52. The molecular formula is C17H23N3O. The summed E-state index contributed by atoms with van der Waals surface area (Å²) in [5, 5.41) is 17.2. The molecular weight excluding hydrogens is 262 g/mol. The van der Waals surface area contributed by atoms with Gasteiger partial charge in [0.2, 0.25) is 0 Å². The summed E-state index contributed by atoms with van der Waals surface area (Å²) >= 11 is 0. The maximum Gasteiger partial charge on any atom is 0.0924 e. The van der Waals surface area contributed by atoms with Crippen molar-refractivity contribution in [3.8, 4) is 11.3 Å². The molecule has 1 saturated heterocycles. The molecule has 1 aliphatic heterocycles. The maximum absolute atomic E-state index is 9.65. The highest BCUT2D eigenvalue weighted by Gasteiger charge is 2.22. The number of hydrogen-bond donors (Lipinski definition) is 2. The van der Waals surface area contributed by atoms with E-state index in [0.29, 0.717) is 5.92 Å². The molecule has 21 heavy (non-hydrogen) atoms. The number of aromatic amines is 1. The summed E-state index contributed by atoms with van der Waals surface area (Å²) in [5.74, 6) is 0.461. The molecule has 1 aromatic carbocycles. The van der Waals surface area contributed by atoms with Gasteiger partial charge in [0.15, 0.2) is 0 Å². The third-order valence-electron chi connectivity index (χ3n) is 4.41. The Morgan fingerprint density at radius 1 is 1.29 bits per heavy atom. The Morgan fingerprint density at radius 3 is 2.67 bits per heavy atom. The normalized spacial score (nSPS) is 18.8. The first-order chi connectivity index (χ1) is 10.2. The van der Waals surface area contributed by atoms with Crippen LogP contribution >= 0.6 is 0 Å². The summed E-state index contributed by atoms with van der Waals surface area (Å²) in [7, 11) is 0. The second-order valence-electron chi connectivity index (χ2n) is 6.00. The molecule has 0 spiro atoms. The average molecular weight is 285 g/mol. The van der Waals surface area contributed by atoms with Crippen LogP contribution in [0.15, 0.2) is 36.4 Å². The molecule has 4 nitrogen and oxygen atoms in total. The van der Waals surface area contributed by atoms with E-state index in [4.69, 9.17) is 0 Å². The average Bonchev–Trinajstić information content (AvgIpc) is 2.97. The summed E-state index contributed by atoms with van der Waals surface area (Å²) in [4.78, 5) is 2.43. The Kier molecular flexibility index (Phi) is 4.36.